The van der Waals surface area contributed by atoms with Gasteiger partial charge in [0.2, 0.25) is 5.91 Å². The van der Waals surface area contributed by atoms with E-state index in [-0.39, 0.29) is 0 Å². The van der Waals surface area contributed by atoms with E-state index in [0.717, 1.165) is 5.56 Å². The summed E-state index contributed by atoms with van der Waals surface area (Å²) in [4.78, 5) is 11.5. The first kappa shape index (κ1) is 13.3. The minimum atomic E-state index is -0.931. The van der Waals surface area contributed by atoms with Crippen molar-refractivity contribution in [2.24, 2.45) is 5.73 Å². The molecule has 1 aromatic heterocycles. The van der Waals surface area contributed by atoms with Crippen LogP contribution < -0.4 is 11.1 Å². The average Bonchev–Trinajstić information content (AvgIpc) is 2.86. The van der Waals surface area contributed by atoms with Crippen molar-refractivity contribution in [3.05, 3.63) is 48.2 Å². The molecule has 1 unspecified atom stereocenters. The minimum absolute atomic E-state index is 0.392. The Labute approximate surface area is 110 Å². The number of amides is 1. The molecular formula is C13H16N4O2. The van der Waals surface area contributed by atoms with Crippen LogP contribution in [0, 0.1) is 0 Å². The Morgan fingerprint density at radius 2 is 2.11 bits per heavy atom. The standard InChI is InChI=1S/C13H16N4O2/c14-11(9-18)13(19)15-12-6-7-17(16-12)8-10-4-2-1-3-5-10/h1-7,11,18H,8-9,14H2,(H,15,16,19). The zero-order chi connectivity index (χ0) is 13.7. The van der Waals surface area contributed by atoms with Crippen molar-refractivity contribution in [2.45, 2.75) is 12.6 Å². The Balaban J connectivity index is 1.98. The first-order valence-corrected chi connectivity index (χ1v) is 5.93. The summed E-state index contributed by atoms with van der Waals surface area (Å²) in [6, 6.07) is 10.6. The third kappa shape index (κ3) is 3.64. The van der Waals surface area contributed by atoms with Crippen molar-refractivity contribution in [1.82, 2.24) is 9.78 Å². The van der Waals surface area contributed by atoms with E-state index in [2.05, 4.69) is 10.4 Å². The molecule has 19 heavy (non-hydrogen) atoms. The monoisotopic (exact) mass is 260 g/mol. The van der Waals surface area contributed by atoms with E-state index in [1.165, 1.54) is 0 Å². The van der Waals surface area contributed by atoms with Crippen LogP contribution in [0.5, 0.6) is 0 Å². The summed E-state index contributed by atoms with van der Waals surface area (Å²) in [5.41, 5.74) is 6.52. The number of aliphatic hydroxyl groups is 1. The van der Waals surface area contributed by atoms with E-state index >= 15 is 0 Å². The molecule has 2 rings (SSSR count). The van der Waals surface area contributed by atoms with Gasteiger partial charge in [0.1, 0.15) is 6.04 Å². The molecule has 0 spiro atoms. The Hall–Kier alpha value is -2.18. The number of anilines is 1. The van der Waals surface area contributed by atoms with Gasteiger partial charge in [0.15, 0.2) is 5.82 Å². The molecule has 0 aliphatic heterocycles. The lowest BCUT2D eigenvalue weighted by Crippen LogP contribution is -2.38. The van der Waals surface area contributed by atoms with Crippen LogP contribution in [-0.4, -0.2) is 33.4 Å². The first-order valence-electron chi connectivity index (χ1n) is 5.93. The number of aliphatic hydroxyl groups excluding tert-OH is 1. The molecule has 1 heterocycles. The van der Waals surface area contributed by atoms with Crippen molar-refractivity contribution in [2.75, 3.05) is 11.9 Å². The molecule has 0 radical (unpaired) electrons. The van der Waals surface area contributed by atoms with E-state index < -0.39 is 18.6 Å². The highest BCUT2D eigenvalue weighted by molar-refractivity contribution is 5.93. The van der Waals surface area contributed by atoms with Crippen molar-refractivity contribution >= 4 is 11.7 Å². The van der Waals surface area contributed by atoms with Crippen LogP contribution in [0.3, 0.4) is 0 Å². The van der Waals surface area contributed by atoms with Gasteiger partial charge in [-0.1, -0.05) is 30.3 Å². The second-order valence-corrected chi connectivity index (χ2v) is 4.16. The average molecular weight is 260 g/mol. The van der Waals surface area contributed by atoms with Crippen molar-refractivity contribution in [1.29, 1.82) is 0 Å². The highest BCUT2D eigenvalue weighted by atomic mass is 16.3. The molecule has 1 atom stereocenters. The number of nitrogens with one attached hydrogen (secondary N) is 1. The number of nitrogens with zero attached hydrogens (tertiary/aromatic N) is 2. The Morgan fingerprint density at radius 1 is 1.37 bits per heavy atom. The van der Waals surface area contributed by atoms with Crippen LogP contribution in [0.15, 0.2) is 42.6 Å². The zero-order valence-corrected chi connectivity index (χ0v) is 10.4. The first-order chi connectivity index (χ1) is 9.19. The summed E-state index contributed by atoms with van der Waals surface area (Å²) < 4.78 is 1.72. The fourth-order valence-corrected chi connectivity index (χ4v) is 1.59. The number of aromatic nitrogens is 2. The van der Waals surface area contributed by atoms with Crippen LogP contribution >= 0.6 is 0 Å². The summed E-state index contributed by atoms with van der Waals surface area (Å²) in [6.07, 6.45) is 1.77. The highest BCUT2D eigenvalue weighted by Gasteiger charge is 2.13. The van der Waals surface area contributed by atoms with Gasteiger partial charge in [-0.25, -0.2) is 0 Å². The number of nitrogens with two attached hydrogens (primary N) is 1. The van der Waals surface area contributed by atoms with Crippen molar-refractivity contribution in [3.8, 4) is 0 Å². The summed E-state index contributed by atoms with van der Waals surface area (Å²) in [5.74, 6) is -0.0303. The van der Waals surface area contributed by atoms with Crippen LogP contribution in [0.1, 0.15) is 5.56 Å². The molecule has 2 aromatic rings. The van der Waals surface area contributed by atoms with Gasteiger partial charge in [-0.05, 0) is 5.56 Å². The normalized spacial score (nSPS) is 12.1. The quantitative estimate of drug-likeness (QED) is 0.715. The van der Waals surface area contributed by atoms with Gasteiger partial charge >= 0.3 is 0 Å². The zero-order valence-electron chi connectivity index (χ0n) is 10.4. The summed E-state index contributed by atoms with van der Waals surface area (Å²) in [5, 5.41) is 15.5. The summed E-state index contributed by atoms with van der Waals surface area (Å²) in [7, 11) is 0. The minimum Gasteiger partial charge on any atom is -0.394 e. The van der Waals surface area contributed by atoms with Gasteiger partial charge in [-0.3, -0.25) is 9.48 Å². The van der Waals surface area contributed by atoms with Crippen LogP contribution in [0.2, 0.25) is 0 Å². The maximum atomic E-state index is 11.5. The highest BCUT2D eigenvalue weighted by Crippen LogP contribution is 2.06. The molecule has 0 aliphatic carbocycles. The molecule has 0 saturated carbocycles. The van der Waals surface area contributed by atoms with Gasteiger partial charge in [0.25, 0.3) is 0 Å². The predicted molar refractivity (Wildman–Crippen MR) is 71.5 cm³/mol. The lowest BCUT2D eigenvalue weighted by Gasteiger charge is -2.07. The number of benzene rings is 1. The Kier molecular flexibility index (Phi) is 4.27. The predicted octanol–water partition coefficient (Wildman–Crippen LogP) is 0.189. The van der Waals surface area contributed by atoms with E-state index in [1.54, 1.807) is 16.9 Å². The van der Waals surface area contributed by atoms with Gasteiger partial charge in [0.05, 0.1) is 13.2 Å². The molecule has 1 amide bonds. The van der Waals surface area contributed by atoms with Crippen LogP contribution in [0.4, 0.5) is 5.82 Å². The maximum absolute atomic E-state index is 11.5. The number of carbonyl (C=O) groups excluding carboxylic acids is 1. The SMILES string of the molecule is NC(CO)C(=O)Nc1ccn(Cc2ccccc2)n1. The van der Waals surface area contributed by atoms with Gasteiger partial charge < -0.3 is 16.2 Å². The lowest BCUT2D eigenvalue weighted by atomic mass is 10.2. The molecule has 6 nitrogen and oxygen atoms in total. The fourth-order valence-electron chi connectivity index (χ4n) is 1.59. The largest absolute Gasteiger partial charge is 0.394 e. The molecule has 1 aromatic carbocycles. The van der Waals surface area contributed by atoms with E-state index in [4.69, 9.17) is 10.8 Å². The van der Waals surface area contributed by atoms with E-state index in [0.29, 0.717) is 12.4 Å². The second kappa shape index (κ2) is 6.12. The topological polar surface area (TPSA) is 93.2 Å². The van der Waals surface area contributed by atoms with Crippen molar-refractivity contribution in [3.63, 3.8) is 0 Å². The van der Waals surface area contributed by atoms with E-state index in [1.807, 2.05) is 30.3 Å². The van der Waals surface area contributed by atoms with Crippen molar-refractivity contribution < 1.29 is 9.90 Å². The molecule has 0 bridgehead atoms. The third-order valence-electron chi connectivity index (χ3n) is 2.61. The molecule has 100 valence electrons. The van der Waals surface area contributed by atoms with Gasteiger partial charge in [-0.15, -0.1) is 0 Å². The molecule has 4 N–H and O–H groups in total. The molecule has 0 saturated heterocycles. The Bertz CT molecular complexity index is 539. The van der Waals surface area contributed by atoms with E-state index in [9.17, 15) is 4.79 Å². The molecular weight excluding hydrogens is 244 g/mol. The fraction of sp³-hybridized carbons (Fsp3) is 0.231. The lowest BCUT2D eigenvalue weighted by molar-refractivity contribution is -0.118. The van der Waals surface area contributed by atoms with Gasteiger partial charge in [0, 0.05) is 12.3 Å². The number of rotatable bonds is 5. The maximum Gasteiger partial charge on any atom is 0.244 e. The molecule has 6 heteroatoms. The van der Waals surface area contributed by atoms with Crippen LogP contribution in [-0.2, 0) is 11.3 Å². The number of hydrogen-bond acceptors (Lipinski definition) is 4. The smallest absolute Gasteiger partial charge is 0.244 e. The number of hydrogen-bond donors (Lipinski definition) is 3. The Morgan fingerprint density at radius 3 is 2.79 bits per heavy atom. The summed E-state index contributed by atoms with van der Waals surface area (Å²) >= 11 is 0. The molecule has 0 fully saturated rings. The third-order valence-corrected chi connectivity index (χ3v) is 2.61. The summed E-state index contributed by atoms with van der Waals surface area (Å²) in [6.45, 7) is 0.235. The van der Waals surface area contributed by atoms with Crippen LogP contribution in [0.25, 0.3) is 0 Å². The second-order valence-electron chi connectivity index (χ2n) is 4.16. The molecule has 0 aliphatic rings. The number of carbonyl (C=O) groups is 1. The van der Waals surface area contributed by atoms with Gasteiger partial charge in [-0.2, -0.15) is 5.10 Å².